The van der Waals surface area contributed by atoms with Crippen LogP contribution in [0.3, 0.4) is 0 Å². The molecule has 1 heterocycles. The molecule has 0 aliphatic rings. The molecular weight excluding hydrogens is 162 g/mol. The second-order valence-corrected chi connectivity index (χ2v) is 2.42. The van der Waals surface area contributed by atoms with Crippen LogP contribution in [0, 0.1) is 12.0 Å². The summed E-state index contributed by atoms with van der Waals surface area (Å²) in [6.07, 6.45) is 3.19. The van der Waals surface area contributed by atoms with E-state index < -0.39 is 0 Å². The van der Waals surface area contributed by atoms with Gasteiger partial charge in [0.25, 0.3) is 0 Å². The Kier molecular flexibility index (Phi) is 2.06. The molecule has 3 nitrogen and oxygen atoms in total. The first-order valence-electron chi connectivity index (χ1n) is 3.88. The molecule has 0 amide bonds. The minimum atomic E-state index is 0.958. The lowest BCUT2D eigenvalue weighted by molar-refractivity contribution is 0.780. The highest BCUT2D eigenvalue weighted by atomic mass is 15.4. The van der Waals surface area contributed by atoms with Crippen LogP contribution in [0.2, 0.25) is 0 Å². The van der Waals surface area contributed by atoms with Gasteiger partial charge in [0, 0.05) is 5.56 Å². The molecule has 0 spiro atoms. The van der Waals surface area contributed by atoms with Crippen LogP contribution in [-0.2, 0) is 0 Å². The van der Waals surface area contributed by atoms with E-state index in [4.69, 9.17) is 0 Å². The van der Waals surface area contributed by atoms with Crippen molar-refractivity contribution in [1.29, 1.82) is 0 Å². The second kappa shape index (κ2) is 3.55. The standard InChI is InChI=1S/C10H7N3/c1-2-4-10(5-3-1)6-9-13-11-7-8-12-13/h1-5,7-8H. The maximum Gasteiger partial charge on any atom is 0.0705 e. The van der Waals surface area contributed by atoms with Gasteiger partial charge in [-0.15, -0.1) is 15.0 Å². The number of benzene rings is 1. The fourth-order valence-electron chi connectivity index (χ4n) is 0.910. The molecule has 2 aromatic rings. The maximum absolute atomic E-state index is 3.86. The summed E-state index contributed by atoms with van der Waals surface area (Å²) in [5.41, 5.74) is 0.958. The van der Waals surface area contributed by atoms with Crippen LogP contribution in [0.25, 0.3) is 0 Å². The summed E-state index contributed by atoms with van der Waals surface area (Å²) in [5, 5.41) is 7.73. The van der Waals surface area contributed by atoms with Gasteiger partial charge >= 0.3 is 0 Å². The van der Waals surface area contributed by atoms with Gasteiger partial charge in [0.1, 0.15) is 0 Å². The molecule has 0 unspecified atom stereocenters. The van der Waals surface area contributed by atoms with Gasteiger partial charge in [0.2, 0.25) is 0 Å². The van der Waals surface area contributed by atoms with E-state index in [0.29, 0.717) is 0 Å². The van der Waals surface area contributed by atoms with Crippen LogP contribution in [0.15, 0.2) is 42.7 Å². The number of nitrogens with zero attached hydrogens (tertiary/aromatic N) is 3. The van der Waals surface area contributed by atoms with Crippen molar-refractivity contribution in [2.75, 3.05) is 0 Å². The van der Waals surface area contributed by atoms with Gasteiger partial charge in [0.15, 0.2) is 0 Å². The van der Waals surface area contributed by atoms with Crippen LogP contribution in [-0.4, -0.2) is 15.0 Å². The summed E-state index contributed by atoms with van der Waals surface area (Å²) in [4.78, 5) is 1.34. The van der Waals surface area contributed by atoms with Gasteiger partial charge in [0.05, 0.1) is 18.4 Å². The summed E-state index contributed by atoms with van der Waals surface area (Å²) in [6.45, 7) is 0. The highest BCUT2D eigenvalue weighted by Gasteiger charge is 1.83. The van der Waals surface area contributed by atoms with Gasteiger partial charge in [-0.1, -0.05) is 18.2 Å². The molecule has 0 radical (unpaired) electrons. The normalized spacial score (nSPS) is 8.92. The molecule has 1 aromatic carbocycles. The smallest absolute Gasteiger partial charge is 0.0705 e. The molecule has 0 fully saturated rings. The zero-order valence-corrected chi connectivity index (χ0v) is 6.88. The molecule has 0 atom stereocenters. The Morgan fingerprint density at radius 3 is 2.38 bits per heavy atom. The van der Waals surface area contributed by atoms with E-state index in [1.54, 1.807) is 12.4 Å². The molecule has 0 bridgehead atoms. The topological polar surface area (TPSA) is 30.7 Å². The first kappa shape index (κ1) is 7.56. The SMILES string of the molecule is C(#Cn1nccn1)c1ccccc1. The van der Waals surface area contributed by atoms with E-state index in [0.717, 1.165) is 5.56 Å². The Hall–Kier alpha value is -2.08. The van der Waals surface area contributed by atoms with Crippen LogP contribution in [0.4, 0.5) is 0 Å². The van der Waals surface area contributed by atoms with Crippen molar-refractivity contribution in [2.24, 2.45) is 0 Å². The predicted molar refractivity (Wildman–Crippen MR) is 48.7 cm³/mol. The van der Waals surface area contributed by atoms with Crippen molar-refractivity contribution < 1.29 is 0 Å². The fourth-order valence-corrected chi connectivity index (χ4v) is 0.910. The van der Waals surface area contributed by atoms with E-state index in [1.807, 2.05) is 30.3 Å². The van der Waals surface area contributed by atoms with Crippen LogP contribution >= 0.6 is 0 Å². The van der Waals surface area contributed by atoms with Gasteiger partial charge in [-0.05, 0) is 18.1 Å². The molecule has 0 aliphatic carbocycles. The van der Waals surface area contributed by atoms with Gasteiger partial charge in [-0.3, -0.25) is 0 Å². The van der Waals surface area contributed by atoms with Crippen LogP contribution in [0.1, 0.15) is 5.56 Å². The van der Waals surface area contributed by atoms with Gasteiger partial charge in [-0.2, -0.15) is 0 Å². The number of rotatable bonds is 0. The summed E-state index contributed by atoms with van der Waals surface area (Å²) < 4.78 is 0. The highest BCUT2D eigenvalue weighted by Crippen LogP contribution is 1.94. The lowest BCUT2D eigenvalue weighted by Crippen LogP contribution is -1.92. The lowest BCUT2D eigenvalue weighted by atomic mass is 10.2. The van der Waals surface area contributed by atoms with Gasteiger partial charge < -0.3 is 0 Å². The fraction of sp³-hybridized carbons (Fsp3) is 0. The third-order valence-corrected chi connectivity index (χ3v) is 1.49. The predicted octanol–water partition coefficient (Wildman–Crippen LogP) is 1.14. The first-order chi connectivity index (χ1) is 6.45. The van der Waals surface area contributed by atoms with E-state index >= 15 is 0 Å². The molecule has 62 valence electrons. The Balaban J connectivity index is 2.23. The molecule has 1 aromatic heterocycles. The first-order valence-corrected chi connectivity index (χ1v) is 3.88. The van der Waals surface area contributed by atoms with Crippen molar-refractivity contribution in [3.8, 4) is 12.0 Å². The molecule has 0 aliphatic heterocycles. The summed E-state index contributed by atoms with van der Waals surface area (Å²) in [7, 11) is 0. The quantitative estimate of drug-likeness (QED) is 0.553. The zero-order chi connectivity index (χ0) is 8.93. The highest BCUT2D eigenvalue weighted by molar-refractivity contribution is 5.33. The molecule has 13 heavy (non-hydrogen) atoms. The second-order valence-electron chi connectivity index (χ2n) is 2.42. The third-order valence-electron chi connectivity index (χ3n) is 1.49. The van der Waals surface area contributed by atoms with Crippen LogP contribution in [0.5, 0.6) is 0 Å². The zero-order valence-electron chi connectivity index (χ0n) is 6.88. The summed E-state index contributed by atoms with van der Waals surface area (Å²) in [5.74, 6) is 2.94. The lowest BCUT2D eigenvalue weighted by Gasteiger charge is -1.85. The van der Waals surface area contributed by atoms with E-state index in [2.05, 4.69) is 22.2 Å². The Morgan fingerprint density at radius 1 is 1.00 bits per heavy atom. The van der Waals surface area contributed by atoms with Gasteiger partial charge in [-0.25, -0.2) is 0 Å². The van der Waals surface area contributed by atoms with E-state index in [9.17, 15) is 0 Å². The Bertz CT molecular complexity index is 420. The minimum absolute atomic E-state index is 0.958. The van der Waals surface area contributed by atoms with E-state index in [-0.39, 0.29) is 0 Å². The molecule has 0 saturated carbocycles. The largest absolute Gasteiger partial charge is 0.149 e. The van der Waals surface area contributed by atoms with Crippen molar-refractivity contribution in [1.82, 2.24) is 15.0 Å². The number of hydrogen-bond acceptors (Lipinski definition) is 2. The van der Waals surface area contributed by atoms with Crippen LogP contribution < -0.4 is 0 Å². The monoisotopic (exact) mass is 169 g/mol. The summed E-state index contributed by atoms with van der Waals surface area (Å²) >= 11 is 0. The number of hydrogen-bond donors (Lipinski definition) is 0. The molecule has 0 saturated heterocycles. The van der Waals surface area contributed by atoms with Crippen molar-refractivity contribution in [2.45, 2.75) is 0 Å². The third kappa shape index (κ3) is 1.94. The average Bonchev–Trinajstić information content (AvgIpc) is 2.69. The number of aromatic nitrogens is 3. The molecular formula is C10H7N3. The molecule has 3 heteroatoms. The minimum Gasteiger partial charge on any atom is -0.149 e. The average molecular weight is 169 g/mol. The van der Waals surface area contributed by atoms with Crippen molar-refractivity contribution in [3.63, 3.8) is 0 Å². The van der Waals surface area contributed by atoms with Crippen molar-refractivity contribution >= 4 is 0 Å². The molecule has 0 N–H and O–H groups in total. The van der Waals surface area contributed by atoms with E-state index in [1.165, 1.54) is 4.80 Å². The Labute approximate surface area is 76.0 Å². The summed E-state index contributed by atoms with van der Waals surface area (Å²) in [6, 6.07) is 12.5. The van der Waals surface area contributed by atoms with Crippen molar-refractivity contribution in [3.05, 3.63) is 48.3 Å². The Morgan fingerprint density at radius 2 is 1.69 bits per heavy atom. The maximum atomic E-state index is 3.86. The molecule has 2 rings (SSSR count).